The van der Waals surface area contributed by atoms with E-state index in [4.69, 9.17) is 4.42 Å². The minimum Gasteiger partial charge on any atom is -0.507 e. The molecule has 2 aromatic carbocycles. The third kappa shape index (κ3) is 3.71. The van der Waals surface area contributed by atoms with Gasteiger partial charge in [0.15, 0.2) is 21.1 Å². The fraction of sp³-hybridized carbons (Fsp3) is 0.111. The second-order valence-electron chi connectivity index (χ2n) is 5.46. The zero-order chi connectivity index (χ0) is 18.9. The molecule has 134 valence electrons. The summed E-state index contributed by atoms with van der Waals surface area (Å²) in [6, 6.07) is 11.0. The van der Waals surface area contributed by atoms with Crippen LogP contribution in [0.4, 0.5) is 0 Å². The third-order valence-corrected chi connectivity index (χ3v) is 6.00. The van der Waals surface area contributed by atoms with Crippen molar-refractivity contribution in [2.24, 2.45) is 0 Å². The zero-order valence-electron chi connectivity index (χ0n) is 13.6. The highest BCUT2D eigenvalue weighted by Crippen LogP contribution is 2.20. The Bertz CT molecular complexity index is 1160. The van der Waals surface area contributed by atoms with E-state index in [2.05, 4.69) is 20.9 Å². The van der Waals surface area contributed by atoms with Gasteiger partial charge in [-0.25, -0.2) is 18.2 Å². The van der Waals surface area contributed by atoms with Gasteiger partial charge in [-0.15, -0.1) is 0 Å². The Morgan fingerprint density at radius 3 is 2.58 bits per heavy atom. The van der Waals surface area contributed by atoms with Gasteiger partial charge >= 0.3 is 5.63 Å². The van der Waals surface area contributed by atoms with E-state index in [1.807, 2.05) is 0 Å². The summed E-state index contributed by atoms with van der Waals surface area (Å²) in [6.45, 7) is 1.54. The van der Waals surface area contributed by atoms with E-state index >= 15 is 0 Å². The summed E-state index contributed by atoms with van der Waals surface area (Å²) in [4.78, 5) is 16.3. The van der Waals surface area contributed by atoms with Crippen molar-refractivity contribution in [3.05, 3.63) is 68.6 Å². The SMILES string of the molecule is CCS(=O)(=O)c1ccc2oc(=O)c(/C=C(\O)c3ccc(Br)cc3)nc2c1. The molecule has 0 atom stereocenters. The lowest BCUT2D eigenvalue weighted by Gasteiger charge is -2.04. The van der Waals surface area contributed by atoms with Gasteiger partial charge in [0.05, 0.1) is 10.6 Å². The molecule has 0 saturated carbocycles. The van der Waals surface area contributed by atoms with Crippen molar-refractivity contribution >= 4 is 48.7 Å². The maximum atomic E-state index is 12.1. The van der Waals surface area contributed by atoms with Crippen molar-refractivity contribution < 1.29 is 17.9 Å². The van der Waals surface area contributed by atoms with Gasteiger partial charge in [0.2, 0.25) is 0 Å². The van der Waals surface area contributed by atoms with E-state index in [9.17, 15) is 18.3 Å². The molecule has 6 nitrogen and oxygen atoms in total. The average Bonchev–Trinajstić information content (AvgIpc) is 2.62. The van der Waals surface area contributed by atoms with Crippen LogP contribution >= 0.6 is 15.9 Å². The summed E-state index contributed by atoms with van der Waals surface area (Å²) in [5, 5.41) is 10.2. The zero-order valence-corrected chi connectivity index (χ0v) is 16.0. The Kier molecular flexibility index (Phi) is 4.97. The first-order valence-electron chi connectivity index (χ1n) is 7.64. The number of aromatic nitrogens is 1. The van der Waals surface area contributed by atoms with Gasteiger partial charge in [-0.2, -0.15) is 0 Å². The van der Waals surface area contributed by atoms with Crippen molar-refractivity contribution in [3.63, 3.8) is 0 Å². The molecule has 26 heavy (non-hydrogen) atoms. The third-order valence-electron chi connectivity index (χ3n) is 3.74. The van der Waals surface area contributed by atoms with Gasteiger partial charge in [-0.1, -0.05) is 35.0 Å². The van der Waals surface area contributed by atoms with Crippen LogP contribution in [-0.4, -0.2) is 24.3 Å². The first-order valence-corrected chi connectivity index (χ1v) is 10.1. The smallest absolute Gasteiger partial charge is 0.362 e. The van der Waals surface area contributed by atoms with Crippen LogP contribution in [0, 0.1) is 0 Å². The molecular formula is C18H14BrNO5S. The van der Waals surface area contributed by atoms with Gasteiger partial charge in [0, 0.05) is 16.1 Å². The van der Waals surface area contributed by atoms with E-state index < -0.39 is 15.5 Å². The number of benzene rings is 2. The minimum absolute atomic E-state index is 0.0492. The fourth-order valence-electron chi connectivity index (χ4n) is 2.28. The Hall–Kier alpha value is -2.45. The molecule has 0 amide bonds. The summed E-state index contributed by atoms with van der Waals surface area (Å²) in [7, 11) is -3.41. The molecular weight excluding hydrogens is 422 g/mol. The van der Waals surface area contributed by atoms with E-state index in [1.54, 1.807) is 31.2 Å². The fourth-order valence-corrected chi connectivity index (χ4v) is 3.45. The molecule has 8 heteroatoms. The average molecular weight is 436 g/mol. The molecule has 0 saturated heterocycles. The van der Waals surface area contributed by atoms with Crippen molar-refractivity contribution in [2.45, 2.75) is 11.8 Å². The lowest BCUT2D eigenvalue weighted by molar-refractivity contribution is 0.514. The lowest BCUT2D eigenvalue weighted by atomic mass is 10.1. The number of aliphatic hydroxyl groups is 1. The van der Waals surface area contributed by atoms with Gasteiger partial charge in [-0.3, -0.25) is 0 Å². The van der Waals surface area contributed by atoms with Gasteiger partial charge in [0.25, 0.3) is 0 Å². The first-order chi connectivity index (χ1) is 12.3. The first kappa shape index (κ1) is 18.3. The van der Waals surface area contributed by atoms with Crippen LogP contribution in [0.1, 0.15) is 18.2 Å². The number of halogens is 1. The van der Waals surface area contributed by atoms with Crippen molar-refractivity contribution in [1.82, 2.24) is 4.98 Å². The second kappa shape index (κ2) is 7.05. The van der Waals surface area contributed by atoms with Crippen LogP contribution < -0.4 is 5.63 Å². The Morgan fingerprint density at radius 1 is 1.23 bits per heavy atom. The number of fused-ring (bicyclic) bond motifs is 1. The van der Waals surface area contributed by atoms with Crippen LogP contribution in [0.3, 0.4) is 0 Å². The number of hydrogen-bond donors (Lipinski definition) is 1. The molecule has 1 aromatic heterocycles. The molecule has 0 spiro atoms. The van der Waals surface area contributed by atoms with Crippen LogP contribution in [0.5, 0.6) is 0 Å². The Balaban J connectivity index is 2.11. The maximum absolute atomic E-state index is 12.1. The highest BCUT2D eigenvalue weighted by molar-refractivity contribution is 9.10. The monoisotopic (exact) mass is 435 g/mol. The predicted octanol–water partition coefficient (Wildman–Crippen LogP) is 3.80. The second-order valence-corrected chi connectivity index (χ2v) is 8.65. The van der Waals surface area contributed by atoms with E-state index in [0.29, 0.717) is 5.56 Å². The molecule has 0 radical (unpaired) electrons. The Labute approximate surface area is 157 Å². The maximum Gasteiger partial charge on any atom is 0.362 e. The molecule has 3 aromatic rings. The summed E-state index contributed by atoms with van der Waals surface area (Å²) < 4.78 is 30.0. The van der Waals surface area contributed by atoms with Crippen molar-refractivity contribution in [2.75, 3.05) is 5.75 Å². The van der Waals surface area contributed by atoms with Crippen LogP contribution in [0.25, 0.3) is 22.9 Å². The Morgan fingerprint density at radius 2 is 1.92 bits per heavy atom. The number of sulfone groups is 1. The van der Waals surface area contributed by atoms with E-state index in [1.165, 1.54) is 24.3 Å². The standard InChI is InChI=1S/C18H14BrNO5S/c1-2-26(23,24)13-7-8-17-14(9-13)20-15(18(22)25-17)10-16(21)11-3-5-12(19)6-4-11/h3-10,21H,2H2,1H3/b16-10-. The molecule has 1 heterocycles. The summed E-state index contributed by atoms with van der Waals surface area (Å²) >= 11 is 3.30. The van der Waals surface area contributed by atoms with Crippen LogP contribution in [-0.2, 0) is 9.84 Å². The lowest BCUT2D eigenvalue weighted by Crippen LogP contribution is -2.08. The normalized spacial score (nSPS) is 12.5. The highest BCUT2D eigenvalue weighted by Gasteiger charge is 2.14. The summed E-state index contributed by atoms with van der Waals surface area (Å²) in [5.41, 5.74) is 0.0346. The number of aliphatic hydroxyl groups excluding tert-OH is 1. The topological polar surface area (TPSA) is 97.5 Å². The van der Waals surface area contributed by atoms with Gasteiger partial charge in [0.1, 0.15) is 11.3 Å². The summed E-state index contributed by atoms with van der Waals surface area (Å²) in [6.07, 6.45) is 1.19. The highest BCUT2D eigenvalue weighted by atomic mass is 79.9. The van der Waals surface area contributed by atoms with Crippen molar-refractivity contribution in [1.29, 1.82) is 0 Å². The molecule has 0 aliphatic rings. The number of nitrogens with zero attached hydrogens (tertiary/aromatic N) is 1. The van der Waals surface area contributed by atoms with Crippen LogP contribution in [0.15, 0.2) is 61.0 Å². The molecule has 0 aliphatic carbocycles. The number of rotatable bonds is 4. The van der Waals surface area contributed by atoms with Crippen LogP contribution in [0.2, 0.25) is 0 Å². The molecule has 1 N–H and O–H groups in total. The molecule has 0 aliphatic heterocycles. The van der Waals surface area contributed by atoms with E-state index in [-0.39, 0.29) is 33.2 Å². The predicted molar refractivity (Wildman–Crippen MR) is 103 cm³/mol. The molecule has 3 rings (SSSR count). The summed E-state index contributed by atoms with van der Waals surface area (Å²) in [5.74, 6) is -0.208. The number of hydrogen-bond acceptors (Lipinski definition) is 6. The molecule has 0 unspecified atom stereocenters. The largest absolute Gasteiger partial charge is 0.507 e. The quantitative estimate of drug-likeness (QED) is 0.625. The molecule has 0 bridgehead atoms. The van der Waals surface area contributed by atoms with Crippen molar-refractivity contribution in [3.8, 4) is 0 Å². The van der Waals surface area contributed by atoms with Gasteiger partial charge in [-0.05, 0) is 30.3 Å². The molecule has 0 fully saturated rings. The minimum atomic E-state index is -3.41. The van der Waals surface area contributed by atoms with E-state index in [0.717, 1.165) is 4.47 Å². The van der Waals surface area contributed by atoms with Gasteiger partial charge < -0.3 is 9.52 Å².